The summed E-state index contributed by atoms with van der Waals surface area (Å²) in [6, 6.07) is 28.0. The van der Waals surface area contributed by atoms with Gasteiger partial charge in [-0.2, -0.15) is 0 Å². The summed E-state index contributed by atoms with van der Waals surface area (Å²) in [5, 5.41) is 13.8. The van der Waals surface area contributed by atoms with Crippen LogP contribution < -0.4 is 39.0 Å². The van der Waals surface area contributed by atoms with E-state index in [4.69, 9.17) is 51.7 Å². The maximum atomic E-state index is 11.7. The molecule has 12 rings (SSSR count). The average Bonchev–Trinajstić information content (AvgIpc) is 1.65. The maximum Gasteiger partial charge on any atom is 1.00 e. The number of H-pyrrole nitrogens is 2. The minimum atomic E-state index is -0.639. The normalized spacial score (nSPS) is 10.4. The van der Waals surface area contributed by atoms with Gasteiger partial charge in [-0.15, -0.1) is 23.2 Å². The number of carbonyl (C=O) groups is 4. The van der Waals surface area contributed by atoms with Gasteiger partial charge in [-0.1, -0.05) is 69.0 Å². The summed E-state index contributed by atoms with van der Waals surface area (Å²) in [5.74, 6) is 3.08. The number of aryl methyl sites for hydroxylation is 4. The van der Waals surface area contributed by atoms with E-state index in [0.29, 0.717) is 47.4 Å². The minimum Gasteiger partial charge on any atom is -0.793 e. The van der Waals surface area contributed by atoms with Crippen molar-refractivity contribution in [3.05, 3.63) is 132 Å². The van der Waals surface area contributed by atoms with Crippen molar-refractivity contribution in [3.8, 4) is 56.3 Å². The molecule has 0 unspecified atom stereocenters. The summed E-state index contributed by atoms with van der Waals surface area (Å²) in [4.78, 5) is 85.6. The Labute approximate surface area is 559 Å². The maximum absolute atomic E-state index is 11.7. The Balaban J connectivity index is 0.000000300. The van der Waals surface area contributed by atoms with Crippen molar-refractivity contribution >= 4 is 121 Å². The number of hydrogen-bond donors (Lipinski definition) is 2. The third kappa shape index (κ3) is 17.0. The number of aromatic amines is 2. The van der Waals surface area contributed by atoms with Gasteiger partial charge in [-0.25, -0.2) is 39.3 Å². The first-order valence-corrected chi connectivity index (χ1v) is 27.7. The van der Waals surface area contributed by atoms with Crippen LogP contribution in [0.15, 0.2) is 106 Å². The van der Waals surface area contributed by atoms with Crippen molar-refractivity contribution in [3.63, 3.8) is 0 Å². The number of pyridine rings is 2. The number of benzene rings is 4. The van der Waals surface area contributed by atoms with E-state index in [2.05, 4.69) is 85.8 Å². The molecule has 12 aromatic rings. The second-order valence-corrected chi connectivity index (χ2v) is 20.2. The largest absolute Gasteiger partial charge is 1.00 e. The Morgan fingerprint density at radius 2 is 1.01 bits per heavy atom. The number of para-hydroxylation sites is 2. The summed E-state index contributed by atoms with van der Waals surface area (Å²) in [7, 11) is 11.7. The van der Waals surface area contributed by atoms with Crippen LogP contribution in [0.25, 0.3) is 110 Å². The van der Waals surface area contributed by atoms with Crippen LogP contribution in [-0.4, -0.2) is 127 Å². The van der Waals surface area contributed by atoms with E-state index in [0.717, 1.165) is 142 Å². The van der Waals surface area contributed by atoms with Crippen LogP contribution >= 0.6 is 23.2 Å². The number of ether oxygens (including phenoxy) is 2. The zero-order valence-corrected chi connectivity index (χ0v) is 53.8. The van der Waals surface area contributed by atoms with Crippen molar-refractivity contribution in [1.29, 1.82) is 0 Å². The van der Waals surface area contributed by atoms with Gasteiger partial charge in [0.1, 0.15) is 40.1 Å². The average molecular weight is 1290 g/mol. The molecule has 0 saturated carbocycles. The number of halogens is 2. The van der Waals surface area contributed by atoms with Crippen molar-refractivity contribution in [2.75, 3.05) is 40.1 Å². The fourth-order valence-electron chi connectivity index (χ4n) is 9.69. The number of carbonyl (C=O) groups excluding carboxylic acids is 4. The minimum absolute atomic E-state index is 0. The van der Waals surface area contributed by atoms with Gasteiger partial charge >= 0.3 is 41.5 Å². The number of alkyl halides is 2. The van der Waals surface area contributed by atoms with E-state index >= 15 is 0 Å². The Hall–Kier alpha value is -8.84. The number of aromatic nitrogens is 10. The first-order valence-electron chi connectivity index (χ1n) is 26.7. The Kier molecular flexibility index (Phi) is 27.7. The standard InChI is InChI=1S/C28H26N6O2.C26H19N5O3.C4H6O4.C2H3BO2.C2H4Cl2.3CH4.Na/c1-15-25(16(2)36-33-15)20-12-22-19(13-23(20)35-5)26-27(31-24(14-34(3)4)32-28(26)30-22)18-10-11-29-21-9-7-6-8-17(18)21;1-13-23(14(2)34-31-13)18-10-20-17(11-21(18)33-3)24-25(29-22(12-32)30-26(24)28-20)16-8-9-27-19-7-5-4-6-15(16)19;1-3(5)7-8-4(2)6;1-2(4)5-3;3-1-2-4;;;;/h6-13H,14H2,1-5H3,(H,30,31,32);4-12H,1-3H3,(H,28,29,30);1-2H3;1H3;1-2H2;3*1H4;/q;;;-1;;;;;+1. The molecule has 0 bridgehead atoms. The molecule has 0 saturated heterocycles. The molecule has 8 heterocycles. The Bertz CT molecular complexity index is 4450. The predicted octanol–water partition coefficient (Wildman–Crippen LogP) is 11.1. The smallest absolute Gasteiger partial charge is 0.793 e. The van der Waals surface area contributed by atoms with Crippen LogP contribution in [0.2, 0.25) is 0 Å². The monoisotopic (exact) mass is 1280 g/mol. The summed E-state index contributed by atoms with van der Waals surface area (Å²) in [6.07, 6.45) is 4.24. The first kappa shape index (κ1) is 74.6. The van der Waals surface area contributed by atoms with Crippen LogP contribution in [0.1, 0.15) is 82.4 Å². The molecular formula is C65H70BCl2N11NaO11. The van der Waals surface area contributed by atoms with Gasteiger partial charge in [0, 0.05) is 99.8 Å². The van der Waals surface area contributed by atoms with E-state index in [1.165, 1.54) is 6.92 Å². The topological polar surface area (TPSA) is 279 Å². The quantitative estimate of drug-likeness (QED) is 0.0423. The molecule has 0 fully saturated rings. The van der Waals surface area contributed by atoms with Gasteiger partial charge in [0.2, 0.25) is 5.97 Å². The summed E-state index contributed by atoms with van der Waals surface area (Å²) in [5.41, 5.74) is 13.5. The molecule has 2 N–H and O–H groups in total. The van der Waals surface area contributed by atoms with Gasteiger partial charge in [0.25, 0.3) is 0 Å². The van der Waals surface area contributed by atoms with Crippen molar-refractivity contribution in [1.82, 2.24) is 55.1 Å². The predicted molar refractivity (Wildman–Crippen MR) is 353 cm³/mol. The number of hydrogen-bond acceptors (Lipinski definition) is 20. The molecule has 0 spiro atoms. The number of rotatable bonds is 10. The molecule has 22 nitrogen and oxygen atoms in total. The van der Waals surface area contributed by atoms with Crippen LogP contribution in [0.3, 0.4) is 0 Å². The van der Waals surface area contributed by atoms with E-state index in [1.54, 1.807) is 20.4 Å². The van der Waals surface area contributed by atoms with Gasteiger partial charge < -0.3 is 46.1 Å². The molecule has 0 aliphatic heterocycles. The molecule has 0 atom stereocenters. The van der Waals surface area contributed by atoms with Crippen LogP contribution in [0, 0.1) is 27.7 Å². The molecule has 3 radical (unpaired) electrons. The second kappa shape index (κ2) is 33.8. The van der Waals surface area contributed by atoms with E-state index in [-0.39, 0.29) is 57.7 Å². The fourth-order valence-corrected chi connectivity index (χ4v) is 9.69. The summed E-state index contributed by atoms with van der Waals surface area (Å²) in [6.45, 7) is 11.8. The summed E-state index contributed by atoms with van der Waals surface area (Å²) >= 11 is 10.1. The number of nitrogens with zero attached hydrogens (tertiary/aromatic N) is 9. The molecule has 469 valence electrons. The van der Waals surface area contributed by atoms with Crippen molar-refractivity contribution in [2.24, 2.45) is 0 Å². The van der Waals surface area contributed by atoms with Crippen LogP contribution in [-0.2, 0) is 35.4 Å². The second-order valence-electron chi connectivity index (χ2n) is 19.5. The SMILES string of the molecule is C.C.C.CC(=O)OOC(C)=O.COc1cc2c(cc1-c1c(C)noc1C)[nH]c1nc(C=O)nc(-c3ccnc4ccccc34)c12.COc1cc2c(cc1-c1c(C)noc1C)[nH]c1nc(CN(C)C)nc(-c3ccnc4ccccc34)c12.ClCCCl.[B-]OC(C)=O.[Na+]. The van der Waals surface area contributed by atoms with Gasteiger partial charge in [-0.3, -0.25) is 19.6 Å². The number of fused-ring (bicyclic) bond motifs is 8. The zero-order chi connectivity index (χ0) is 62.6. The third-order valence-electron chi connectivity index (χ3n) is 13.1. The molecule has 8 aromatic heterocycles. The molecule has 0 aliphatic rings. The molecule has 0 aliphatic carbocycles. The van der Waals surface area contributed by atoms with Gasteiger partial charge in [-0.05, 0) is 90.3 Å². The molecule has 26 heteroatoms. The molecule has 4 aromatic carbocycles. The van der Waals surface area contributed by atoms with Gasteiger partial charge in [0.05, 0.1) is 76.5 Å². The van der Waals surface area contributed by atoms with E-state index in [1.807, 2.05) is 115 Å². The van der Waals surface area contributed by atoms with Crippen LogP contribution in [0.5, 0.6) is 11.5 Å². The number of nitrogens with one attached hydrogen (secondary N) is 2. The van der Waals surface area contributed by atoms with E-state index < -0.39 is 17.9 Å². The third-order valence-corrected chi connectivity index (χ3v) is 13.7. The van der Waals surface area contributed by atoms with Crippen LogP contribution in [0.4, 0.5) is 0 Å². The number of aldehydes is 1. The summed E-state index contributed by atoms with van der Waals surface area (Å²) < 4.78 is 26.1. The Morgan fingerprint density at radius 3 is 1.37 bits per heavy atom. The van der Waals surface area contributed by atoms with Gasteiger partial charge in [0.15, 0.2) is 12.1 Å². The Morgan fingerprint density at radius 1 is 0.593 bits per heavy atom. The fraction of sp³-hybridized carbons (Fsp3) is 0.262. The molecule has 91 heavy (non-hydrogen) atoms. The first-order chi connectivity index (χ1) is 41.8. The van der Waals surface area contributed by atoms with E-state index in [9.17, 15) is 19.2 Å². The molecule has 0 amide bonds. The number of methoxy groups -OCH3 is 2. The van der Waals surface area contributed by atoms with Crippen molar-refractivity contribution in [2.45, 2.75) is 77.3 Å². The van der Waals surface area contributed by atoms with Crippen molar-refractivity contribution < 1.29 is 81.7 Å². The zero-order valence-electron chi connectivity index (χ0n) is 50.3. The molecular weight excluding hydrogens is 1220 g/mol.